The molecule has 1 aromatic rings. The van der Waals surface area contributed by atoms with Crippen molar-refractivity contribution in [3.05, 3.63) is 15.8 Å². The van der Waals surface area contributed by atoms with Crippen LogP contribution in [0.5, 0.6) is 0 Å². The molecule has 1 amide bonds. The molecule has 0 aliphatic carbocycles. The topological polar surface area (TPSA) is 46.2 Å². The Morgan fingerprint density at radius 1 is 1.33 bits per heavy atom. The largest absolute Gasteiger partial charge is 0.322 e. The highest BCUT2D eigenvalue weighted by Gasteiger charge is 2.23. The van der Waals surface area contributed by atoms with Crippen molar-refractivity contribution in [1.82, 2.24) is 0 Å². The fraction of sp³-hybridized carbons (Fsp3) is 0.500. The number of rotatable bonds is 3. The van der Waals surface area contributed by atoms with E-state index in [0.717, 1.165) is 4.88 Å². The molecule has 0 saturated heterocycles. The summed E-state index contributed by atoms with van der Waals surface area (Å²) < 4.78 is 0. The van der Waals surface area contributed by atoms with Crippen LogP contribution in [-0.4, -0.2) is 16.5 Å². The fourth-order valence-corrected chi connectivity index (χ4v) is 2.48. The summed E-state index contributed by atoms with van der Waals surface area (Å²) in [5, 5.41) is 2.57. The van der Waals surface area contributed by atoms with Gasteiger partial charge in [-0.1, -0.05) is 44.0 Å². The van der Waals surface area contributed by atoms with Crippen molar-refractivity contribution in [3.63, 3.8) is 0 Å². The Hall–Kier alpha value is -0.580. The summed E-state index contributed by atoms with van der Waals surface area (Å²) in [7, 11) is 0. The first kappa shape index (κ1) is 15.5. The smallest absolute Gasteiger partial charge is 0.257 e. The van der Waals surface area contributed by atoms with Gasteiger partial charge in [-0.3, -0.25) is 9.59 Å². The first-order valence-electron chi connectivity index (χ1n) is 5.37. The van der Waals surface area contributed by atoms with E-state index in [1.807, 2.05) is 20.8 Å². The number of hydrogen-bond acceptors (Lipinski definition) is 3. The van der Waals surface area contributed by atoms with E-state index in [9.17, 15) is 9.59 Å². The lowest BCUT2D eigenvalue weighted by Gasteiger charge is -2.15. The molecule has 0 fully saturated rings. The first-order chi connectivity index (χ1) is 8.12. The van der Waals surface area contributed by atoms with Gasteiger partial charge in [-0.2, -0.15) is 0 Å². The van der Waals surface area contributed by atoms with E-state index in [2.05, 4.69) is 5.32 Å². The molecule has 1 heterocycles. The van der Waals surface area contributed by atoms with Crippen molar-refractivity contribution >= 4 is 51.9 Å². The number of Topliss-reactive ketones (excluding diaryl/α,β-unsaturated/α-hetero) is 1. The number of ketones is 1. The van der Waals surface area contributed by atoms with Crippen LogP contribution in [0.3, 0.4) is 0 Å². The number of amides is 1. The Balaban J connectivity index is 3.14. The molecule has 0 saturated carbocycles. The van der Waals surface area contributed by atoms with Crippen LogP contribution in [-0.2, 0) is 10.2 Å². The molecule has 0 bridgehead atoms. The molecule has 1 N–H and O–H groups in total. The molecule has 0 atom stereocenters. The van der Waals surface area contributed by atoms with Gasteiger partial charge in [-0.05, 0) is 11.5 Å². The van der Waals surface area contributed by atoms with Crippen LogP contribution in [0, 0.1) is 0 Å². The maximum Gasteiger partial charge on any atom is 0.257 e. The molecule has 1 rings (SSSR count). The highest BCUT2D eigenvalue weighted by atomic mass is 35.5. The number of carbonyl (C=O) groups excluding carboxylic acids is 2. The average Bonchev–Trinajstić information content (AvgIpc) is 2.60. The lowest BCUT2D eigenvalue weighted by atomic mass is 9.94. The first-order valence-corrected chi connectivity index (χ1v) is 7.06. The molecule has 0 spiro atoms. The highest BCUT2D eigenvalue weighted by molar-refractivity contribution is 7.14. The van der Waals surface area contributed by atoms with Crippen molar-refractivity contribution in [1.29, 1.82) is 0 Å². The molecule has 1 aromatic heterocycles. The van der Waals surface area contributed by atoms with Crippen LogP contribution in [0.15, 0.2) is 6.07 Å². The highest BCUT2D eigenvalue weighted by Crippen LogP contribution is 2.35. The number of alkyl halides is 2. The molecule has 0 aliphatic heterocycles. The zero-order chi connectivity index (χ0) is 14.1. The Kier molecular flexibility index (Phi) is 4.81. The standard InChI is InChI=1S/C12H15Cl2NO2S/c1-6(16)9-7(15-11(17)10(13)14)5-8(18-9)12(2,3)4/h5,10H,1-4H3,(H,15,17). The zero-order valence-corrected chi connectivity index (χ0v) is 13.0. The summed E-state index contributed by atoms with van der Waals surface area (Å²) in [6, 6.07) is 1.80. The fourth-order valence-electron chi connectivity index (χ4n) is 1.30. The van der Waals surface area contributed by atoms with Crippen LogP contribution in [0.1, 0.15) is 42.2 Å². The number of anilines is 1. The average molecular weight is 308 g/mol. The Morgan fingerprint density at radius 2 is 1.89 bits per heavy atom. The second-order valence-electron chi connectivity index (χ2n) is 4.95. The summed E-state index contributed by atoms with van der Waals surface area (Å²) in [4.78, 5) is 23.4. The SMILES string of the molecule is CC(=O)c1sc(C(C)(C)C)cc1NC(=O)C(Cl)Cl. The predicted molar refractivity (Wildman–Crippen MR) is 77.1 cm³/mol. The van der Waals surface area contributed by atoms with E-state index in [-0.39, 0.29) is 11.2 Å². The maximum absolute atomic E-state index is 11.6. The summed E-state index contributed by atoms with van der Waals surface area (Å²) in [6.45, 7) is 7.59. The molecule has 6 heteroatoms. The van der Waals surface area contributed by atoms with Crippen molar-refractivity contribution in [2.24, 2.45) is 0 Å². The van der Waals surface area contributed by atoms with Crippen LogP contribution in [0.2, 0.25) is 0 Å². The van der Waals surface area contributed by atoms with E-state index in [1.165, 1.54) is 18.3 Å². The number of halogens is 2. The van der Waals surface area contributed by atoms with Gasteiger partial charge in [0.1, 0.15) is 0 Å². The summed E-state index contributed by atoms with van der Waals surface area (Å²) >= 11 is 12.3. The second-order valence-corrected chi connectivity index (χ2v) is 7.10. The van der Waals surface area contributed by atoms with E-state index >= 15 is 0 Å². The van der Waals surface area contributed by atoms with E-state index in [1.54, 1.807) is 6.07 Å². The van der Waals surface area contributed by atoms with Crippen molar-refractivity contribution < 1.29 is 9.59 Å². The Bertz CT molecular complexity index is 475. The maximum atomic E-state index is 11.6. The molecule has 0 aliphatic rings. The minimum absolute atomic E-state index is 0.0842. The van der Waals surface area contributed by atoms with E-state index < -0.39 is 10.7 Å². The number of hydrogen-bond donors (Lipinski definition) is 1. The Morgan fingerprint density at radius 3 is 2.28 bits per heavy atom. The molecular formula is C12H15Cl2NO2S. The third-order valence-corrected chi connectivity index (χ3v) is 4.31. The Labute approximate surface area is 120 Å². The quantitative estimate of drug-likeness (QED) is 0.678. The zero-order valence-electron chi connectivity index (χ0n) is 10.6. The third kappa shape index (κ3) is 3.70. The molecule has 100 valence electrons. The van der Waals surface area contributed by atoms with Gasteiger partial charge in [0, 0.05) is 11.8 Å². The molecule has 0 aromatic carbocycles. The molecule has 18 heavy (non-hydrogen) atoms. The summed E-state index contributed by atoms with van der Waals surface area (Å²) in [5.41, 5.74) is 0.396. The monoisotopic (exact) mass is 307 g/mol. The minimum Gasteiger partial charge on any atom is -0.322 e. The number of nitrogens with one attached hydrogen (secondary N) is 1. The molecular weight excluding hydrogens is 293 g/mol. The van der Waals surface area contributed by atoms with Gasteiger partial charge in [-0.25, -0.2) is 0 Å². The summed E-state index contributed by atoms with van der Waals surface area (Å²) in [6.07, 6.45) is 0. The third-order valence-electron chi connectivity index (χ3n) is 2.25. The van der Waals surface area contributed by atoms with Crippen LogP contribution >= 0.6 is 34.5 Å². The second kappa shape index (κ2) is 5.59. The number of thiophene rings is 1. The van der Waals surface area contributed by atoms with E-state index in [0.29, 0.717) is 10.6 Å². The molecule has 0 radical (unpaired) electrons. The van der Waals surface area contributed by atoms with Gasteiger partial charge in [-0.15, -0.1) is 11.3 Å². The van der Waals surface area contributed by atoms with E-state index in [4.69, 9.17) is 23.2 Å². The lowest BCUT2D eigenvalue weighted by molar-refractivity contribution is -0.114. The van der Waals surface area contributed by atoms with Crippen LogP contribution in [0.4, 0.5) is 5.69 Å². The molecule has 3 nitrogen and oxygen atoms in total. The van der Waals surface area contributed by atoms with Gasteiger partial charge >= 0.3 is 0 Å². The summed E-state index contributed by atoms with van der Waals surface area (Å²) in [5.74, 6) is -0.620. The number of carbonyl (C=O) groups is 2. The van der Waals surface area contributed by atoms with Gasteiger partial charge in [0.15, 0.2) is 10.6 Å². The van der Waals surface area contributed by atoms with Gasteiger partial charge in [0.25, 0.3) is 5.91 Å². The van der Waals surface area contributed by atoms with Gasteiger partial charge in [0.2, 0.25) is 0 Å². The molecule has 0 unspecified atom stereocenters. The van der Waals surface area contributed by atoms with Crippen molar-refractivity contribution in [2.75, 3.05) is 5.32 Å². The van der Waals surface area contributed by atoms with Gasteiger partial charge in [0.05, 0.1) is 10.6 Å². The predicted octanol–water partition coefficient (Wildman–Crippen LogP) is 3.99. The lowest BCUT2D eigenvalue weighted by Crippen LogP contribution is -2.19. The van der Waals surface area contributed by atoms with Crippen LogP contribution in [0.25, 0.3) is 0 Å². The normalized spacial score (nSPS) is 11.7. The minimum atomic E-state index is -1.15. The van der Waals surface area contributed by atoms with Crippen molar-refractivity contribution in [3.8, 4) is 0 Å². The van der Waals surface area contributed by atoms with Crippen molar-refractivity contribution in [2.45, 2.75) is 37.9 Å². The van der Waals surface area contributed by atoms with Crippen LogP contribution < -0.4 is 5.32 Å². The van der Waals surface area contributed by atoms with Gasteiger partial charge < -0.3 is 5.32 Å².